The van der Waals surface area contributed by atoms with Gasteiger partial charge in [-0.15, -0.1) is 0 Å². The van der Waals surface area contributed by atoms with E-state index in [0.717, 1.165) is 6.07 Å². The molecular formula is C18H28N6O8. The molecule has 0 bridgehead atoms. The molecule has 1 fully saturated rings. The van der Waals surface area contributed by atoms with Crippen LogP contribution in [0, 0.1) is 10.1 Å². The Bertz CT molecular complexity index is 823. The van der Waals surface area contributed by atoms with Gasteiger partial charge in [0.25, 0.3) is 5.69 Å². The Kier molecular flexibility index (Phi) is 9.56. The van der Waals surface area contributed by atoms with Crippen LogP contribution in [-0.2, 0) is 0 Å². The van der Waals surface area contributed by atoms with Gasteiger partial charge in [-0.2, -0.15) is 0 Å². The Morgan fingerprint density at radius 3 is 2.56 bits per heavy atom. The van der Waals surface area contributed by atoms with Crippen molar-refractivity contribution in [3.63, 3.8) is 0 Å². The van der Waals surface area contributed by atoms with Gasteiger partial charge in [0, 0.05) is 36.3 Å². The number of aliphatic hydroxyl groups is 6. The predicted molar refractivity (Wildman–Crippen MR) is 112 cm³/mol. The number of nitro groups is 1. The van der Waals surface area contributed by atoms with E-state index in [-0.39, 0.29) is 49.5 Å². The van der Waals surface area contributed by atoms with Crippen LogP contribution in [0.15, 0.2) is 23.3 Å². The largest absolute Gasteiger partial charge is 0.395 e. The molecule has 1 aromatic carbocycles. The second-order valence-corrected chi connectivity index (χ2v) is 7.58. The zero-order valence-corrected chi connectivity index (χ0v) is 17.2. The van der Waals surface area contributed by atoms with Gasteiger partial charge in [-0.3, -0.25) is 15.0 Å². The number of azide groups is 1. The monoisotopic (exact) mass is 456 g/mol. The number of nitrogens with one attached hydrogen (secondary N) is 1. The van der Waals surface area contributed by atoms with Gasteiger partial charge in [-0.25, -0.2) is 0 Å². The molecular weight excluding hydrogens is 428 g/mol. The van der Waals surface area contributed by atoms with Crippen molar-refractivity contribution in [3.05, 3.63) is 38.8 Å². The van der Waals surface area contributed by atoms with Crippen molar-refractivity contribution in [1.29, 1.82) is 0 Å². The maximum atomic E-state index is 11.2. The zero-order valence-electron chi connectivity index (χ0n) is 17.2. The first-order valence-electron chi connectivity index (χ1n) is 10.0. The molecule has 14 heteroatoms. The zero-order chi connectivity index (χ0) is 23.8. The number of hydrogen-bond acceptors (Lipinski definition) is 11. The Balaban J connectivity index is 1.86. The molecule has 1 aromatic rings. The maximum absolute atomic E-state index is 11.2. The van der Waals surface area contributed by atoms with Crippen LogP contribution >= 0.6 is 0 Å². The minimum Gasteiger partial charge on any atom is -0.395 e. The van der Waals surface area contributed by atoms with Crippen LogP contribution < -0.4 is 5.32 Å². The van der Waals surface area contributed by atoms with Gasteiger partial charge in [0.15, 0.2) is 0 Å². The number of β-amino-alcohol motifs (C(OH)–C–C–N with tert-alkyl or cyclic N) is 1. The summed E-state index contributed by atoms with van der Waals surface area (Å²) in [5.74, 6) is 0. The number of benzene rings is 1. The smallest absolute Gasteiger partial charge is 0.292 e. The van der Waals surface area contributed by atoms with Gasteiger partial charge < -0.3 is 36.0 Å². The normalized spacial score (nSPS) is 25.6. The fraction of sp³-hybridized carbons (Fsp3) is 0.667. The first-order valence-corrected chi connectivity index (χ1v) is 10.0. The van der Waals surface area contributed by atoms with Gasteiger partial charge in [-0.1, -0.05) is 11.2 Å². The fourth-order valence-electron chi connectivity index (χ4n) is 3.61. The first-order chi connectivity index (χ1) is 15.2. The molecule has 0 radical (unpaired) electrons. The third kappa shape index (κ3) is 6.48. The molecule has 0 amide bonds. The average molecular weight is 456 g/mol. The second-order valence-electron chi connectivity index (χ2n) is 7.58. The third-order valence-corrected chi connectivity index (χ3v) is 5.47. The number of nitrogens with zero attached hydrogens (tertiary/aromatic N) is 5. The number of piperidine rings is 1. The highest BCUT2D eigenvalue weighted by Crippen LogP contribution is 2.29. The van der Waals surface area contributed by atoms with Crippen molar-refractivity contribution in [2.75, 3.05) is 31.6 Å². The Morgan fingerprint density at radius 2 is 1.94 bits per heavy atom. The van der Waals surface area contributed by atoms with Crippen LogP contribution in [0.4, 0.5) is 17.1 Å². The summed E-state index contributed by atoms with van der Waals surface area (Å²) in [4.78, 5) is 14.7. The molecule has 178 valence electrons. The molecule has 6 atom stereocenters. The van der Waals surface area contributed by atoms with Gasteiger partial charge in [0.05, 0.1) is 35.9 Å². The van der Waals surface area contributed by atoms with E-state index in [0.29, 0.717) is 0 Å². The molecule has 0 aliphatic carbocycles. The summed E-state index contributed by atoms with van der Waals surface area (Å²) in [7, 11) is 0. The van der Waals surface area contributed by atoms with E-state index < -0.39 is 48.1 Å². The Hall–Kier alpha value is -2.55. The lowest BCUT2D eigenvalue weighted by Gasteiger charge is -2.43. The minimum atomic E-state index is -1.38. The molecule has 1 aliphatic heterocycles. The molecule has 1 heterocycles. The molecule has 32 heavy (non-hydrogen) atoms. The topological polar surface area (TPSA) is 229 Å². The third-order valence-electron chi connectivity index (χ3n) is 5.47. The predicted octanol–water partition coefficient (Wildman–Crippen LogP) is -0.790. The summed E-state index contributed by atoms with van der Waals surface area (Å²) in [5, 5.41) is 76.7. The van der Waals surface area contributed by atoms with Crippen LogP contribution in [0.5, 0.6) is 0 Å². The average Bonchev–Trinajstić information content (AvgIpc) is 2.76. The van der Waals surface area contributed by atoms with E-state index in [4.69, 9.17) is 5.53 Å². The summed E-state index contributed by atoms with van der Waals surface area (Å²) in [6.07, 6.45) is -6.15. The summed E-state index contributed by atoms with van der Waals surface area (Å²) in [6, 6.07) is 3.08. The molecule has 0 aromatic heterocycles. The highest BCUT2D eigenvalue weighted by atomic mass is 16.6. The van der Waals surface area contributed by atoms with Gasteiger partial charge in [-0.05, 0) is 24.4 Å². The molecule has 0 saturated carbocycles. The maximum Gasteiger partial charge on any atom is 0.292 e. The lowest BCUT2D eigenvalue weighted by molar-refractivity contribution is -0.383. The summed E-state index contributed by atoms with van der Waals surface area (Å²) < 4.78 is 0. The van der Waals surface area contributed by atoms with E-state index in [2.05, 4.69) is 15.3 Å². The lowest BCUT2D eigenvalue weighted by atomic mass is 9.93. The number of likely N-dealkylation sites (tertiary alicyclic amines) is 1. The Morgan fingerprint density at radius 1 is 1.25 bits per heavy atom. The lowest BCUT2D eigenvalue weighted by Crippen LogP contribution is -2.62. The van der Waals surface area contributed by atoms with Crippen molar-refractivity contribution in [2.45, 2.75) is 49.4 Å². The van der Waals surface area contributed by atoms with Crippen molar-refractivity contribution < 1.29 is 35.6 Å². The molecule has 1 saturated heterocycles. The van der Waals surface area contributed by atoms with E-state index >= 15 is 0 Å². The van der Waals surface area contributed by atoms with Crippen LogP contribution in [0.3, 0.4) is 0 Å². The highest BCUT2D eigenvalue weighted by molar-refractivity contribution is 5.66. The number of anilines is 1. The summed E-state index contributed by atoms with van der Waals surface area (Å²) in [5.41, 5.74) is 8.38. The Labute approximate surface area is 183 Å². The van der Waals surface area contributed by atoms with Crippen LogP contribution in [0.1, 0.15) is 12.8 Å². The van der Waals surface area contributed by atoms with Gasteiger partial charge >= 0.3 is 0 Å². The summed E-state index contributed by atoms with van der Waals surface area (Å²) in [6.45, 7) is -0.218. The van der Waals surface area contributed by atoms with Crippen LogP contribution in [0.2, 0.25) is 0 Å². The number of aliphatic hydroxyl groups excluding tert-OH is 6. The summed E-state index contributed by atoms with van der Waals surface area (Å²) >= 11 is 0. The van der Waals surface area contributed by atoms with E-state index in [1.165, 1.54) is 17.0 Å². The molecule has 14 nitrogen and oxygen atoms in total. The first kappa shape index (κ1) is 25.7. The van der Waals surface area contributed by atoms with Crippen molar-refractivity contribution in [3.8, 4) is 0 Å². The van der Waals surface area contributed by atoms with Crippen LogP contribution in [-0.4, -0.2) is 103 Å². The number of hydrogen-bond donors (Lipinski definition) is 7. The van der Waals surface area contributed by atoms with Crippen LogP contribution in [0.25, 0.3) is 10.4 Å². The second kappa shape index (κ2) is 11.9. The molecule has 0 spiro atoms. The van der Waals surface area contributed by atoms with E-state index in [1.807, 2.05) is 0 Å². The van der Waals surface area contributed by atoms with E-state index in [1.54, 1.807) is 0 Å². The SMILES string of the molecule is [N-]=[N+]=Nc1ccc(NCCC(O)C(O)CCN2C[C@H](O)[C@@H](O)[C@H](O)[C@H]2CO)c([N+](=O)[O-])c1. The van der Waals surface area contributed by atoms with Crippen molar-refractivity contribution in [1.82, 2.24) is 4.90 Å². The fourth-order valence-corrected chi connectivity index (χ4v) is 3.61. The van der Waals surface area contributed by atoms with Crippen molar-refractivity contribution >= 4 is 17.1 Å². The molecule has 2 unspecified atom stereocenters. The molecule has 2 rings (SSSR count). The number of rotatable bonds is 11. The molecule has 1 aliphatic rings. The standard InChI is InChI=1S/C18H28N6O8/c19-22-21-10-1-2-11(12(7-10)24(31)32)20-5-3-14(26)15(27)4-6-23-8-16(28)18(30)17(29)13(23)9-25/h1-2,7,13-18,20,25-30H,3-6,8-9H2/t13-,14?,15?,16+,17-,18-/m1/s1. The van der Waals surface area contributed by atoms with E-state index in [9.17, 15) is 40.8 Å². The molecule has 7 N–H and O–H groups in total. The minimum absolute atomic E-state index is 0.0106. The number of nitro benzene ring substituents is 1. The highest BCUT2D eigenvalue weighted by Gasteiger charge is 2.41. The quantitative estimate of drug-likeness (QED) is 0.0721. The van der Waals surface area contributed by atoms with Gasteiger partial charge in [0.1, 0.15) is 17.9 Å². The van der Waals surface area contributed by atoms with Crippen molar-refractivity contribution in [2.24, 2.45) is 5.11 Å². The van der Waals surface area contributed by atoms with Gasteiger partial charge in [0.2, 0.25) is 0 Å².